The minimum absolute atomic E-state index is 0.552. The van der Waals surface area contributed by atoms with Crippen molar-refractivity contribution < 1.29 is 4.79 Å². The molecule has 0 heterocycles. The zero-order valence-corrected chi connectivity index (χ0v) is 7.73. The lowest BCUT2D eigenvalue weighted by Gasteiger charge is -2.17. The molecule has 1 rings (SSSR count). The van der Waals surface area contributed by atoms with E-state index in [1.54, 1.807) is 0 Å². The summed E-state index contributed by atoms with van der Waals surface area (Å²) in [6.45, 7) is 0.721. The standard InChI is InChI=1S/C10H14N2O/c1-12(8-5-9-13)11-10-6-3-2-4-7-10/h2-4,6-7,9,11H,5,8H2,1H3. The van der Waals surface area contributed by atoms with Crippen LogP contribution in [0, 0.1) is 0 Å². The Balaban J connectivity index is 2.36. The molecule has 0 aliphatic carbocycles. The van der Waals surface area contributed by atoms with Crippen molar-refractivity contribution >= 4 is 12.0 Å². The van der Waals surface area contributed by atoms with Crippen LogP contribution in [0.2, 0.25) is 0 Å². The first-order valence-corrected chi connectivity index (χ1v) is 4.29. The second-order valence-electron chi connectivity index (χ2n) is 2.85. The summed E-state index contributed by atoms with van der Waals surface area (Å²) in [5, 5.41) is 1.89. The first-order chi connectivity index (χ1) is 6.33. The van der Waals surface area contributed by atoms with Crippen LogP contribution < -0.4 is 5.43 Å². The number of nitrogens with zero attached hydrogens (tertiary/aromatic N) is 1. The highest BCUT2D eigenvalue weighted by Gasteiger charge is 1.95. The topological polar surface area (TPSA) is 32.3 Å². The number of benzene rings is 1. The highest BCUT2D eigenvalue weighted by molar-refractivity contribution is 5.49. The number of anilines is 1. The molecule has 0 unspecified atom stereocenters. The molecule has 0 atom stereocenters. The van der Waals surface area contributed by atoms with Gasteiger partial charge in [-0.1, -0.05) is 18.2 Å². The highest BCUT2D eigenvalue weighted by atomic mass is 16.1. The molecule has 0 saturated heterocycles. The zero-order valence-electron chi connectivity index (χ0n) is 7.73. The smallest absolute Gasteiger partial charge is 0.121 e. The first-order valence-electron chi connectivity index (χ1n) is 4.29. The summed E-state index contributed by atoms with van der Waals surface area (Å²) in [5.74, 6) is 0. The Labute approximate surface area is 78.3 Å². The number of carbonyl (C=O) groups is 1. The van der Waals surface area contributed by atoms with Gasteiger partial charge in [0.15, 0.2) is 0 Å². The zero-order chi connectivity index (χ0) is 9.52. The fourth-order valence-corrected chi connectivity index (χ4v) is 1.04. The van der Waals surface area contributed by atoms with Gasteiger partial charge in [0.2, 0.25) is 0 Å². The van der Waals surface area contributed by atoms with Gasteiger partial charge in [0.25, 0.3) is 0 Å². The third-order valence-corrected chi connectivity index (χ3v) is 1.68. The molecule has 0 amide bonds. The number of para-hydroxylation sites is 1. The van der Waals surface area contributed by atoms with E-state index >= 15 is 0 Å². The molecule has 0 aromatic heterocycles. The number of aldehydes is 1. The van der Waals surface area contributed by atoms with Crippen LogP contribution in [-0.4, -0.2) is 24.9 Å². The van der Waals surface area contributed by atoms with Gasteiger partial charge >= 0.3 is 0 Å². The van der Waals surface area contributed by atoms with Crippen LogP contribution in [0.15, 0.2) is 30.3 Å². The Kier molecular flexibility index (Phi) is 3.99. The van der Waals surface area contributed by atoms with Crippen molar-refractivity contribution in [2.75, 3.05) is 19.0 Å². The average Bonchev–Trinajstić information content (AvgIpc) is 2.16. The fourth-order valence-electron chi connectivity index (χ4n) is 1.04. The molecule has 0 bridgehead atoms. The Morgan fingerprint density at radius 1 is 1.38 bits per heavy atom. The average molecular weight is 178 g/mol. The van der Waals surface area contributed by atoms with E-state index in [1.165, 1.54) is 0 Å². The van der Waals surface area contributed by atoms with Crippen LogP contribution in [0.3, 0.4) is 0 Å². The normalized spacial score (nSPS) is 10.0. The molecule has 0 spiro atoms. The van der Waals surface area contributed by atoms with E-state index in [4.69, 9.17) is 0 Å². The summed E-state index contributed by atoms with van der Waals surface area (Å²) in [6.07, 6.45) is 1.47. The lowest BCUT2D eigenvalue weighted by Crippen LogP contribution is -2.26. The predicted octanol–water partition coefficient (Wildman–Crippen LogP) is 1.53. The summed E-state index contributed by atoms with van der Waals surface area (Å²) in [6, 6.07) is 9.87. The second kappa shape index (κ2) is 5.32. The third kappa shape index (κ3) is 3.71. The third-order valence-electron chi connectivity index (χ3n) is 1.68. The summed E-state index contributed by atoms with van der Waals surface area (Å²) < 4.78 is 0. The highest BCUT2D eigenvalue weighted by Crippen LogP contribution is 2.05. The molecule has 70 valence electrons. The SMILES string of the molecule is CN(CCC=O)Nc1ccccc1. The number of hydrogen-bond donors (Lipinski definition) is 1. The molecule has 1 N–H and O–H groups in total. The van der Waals surface area contributed by atoms with Crippen LogP contribution in [0.4, 0.5) is 5.69 Å². The summed E-state index contributed by atoms with van der Waals surface area (Å²) in [7, 11) is 1.91. The molecular weight excluding hydrogens is 164 g/mol. The van der Waals surface area contributed by atoms with Gasteiger partial charge in [-0.25, -0.2) is 5.01 Å². The van der Waals surface area contributed by atoms with E-state index < -0.39 is 0 Å². The lowest BCUT2D eigenvalue weighted by atomic mass is 10.3. The maximum Gasteiger partial charge on any atom is 0.121 e. The monoisotopic (exact) mass is 178 g/mol. The van der Waals surface area contributed by atoms with Crippen molar-refractivity contribution in [2.45, 2.75) is 6.42 Å². The van der Waals surface area contributed by atoms with Crippen molar-refractivity contribution in [3.8, 4) is 0 Å². The van der Waals surface area contributed by atoms with Crippen molar-refractivity contribution in [1.82, 2.24) is 5.01 Å². The number of nitrogens with one attached hydrogen (secondary N) is 1. The minimum Gasteiger partial charge on any atom is -0.319 e. The Hall–Kier alpha value is -1.35. The molecule has 3 heteroatoms. The second-order valence-corrected chi connectivity index (χ2v) is 2.85. The summed E-state index contributed by atoms with van der Waals surface area (Å²) in [4.78, 5) is 10.1. The largest absolute Gasteiger partial charge is 0.319 e. The Morgan fingerprint density at radius 2 is 2.08 bits per heavy atom. The van der Waals surface area contributed by atoms with Crippen LogP contribution in [0.1, 0.15) is 6.42 Å². The van der Waals surface area contributed by atoms with Crippen LogP contribution in [-0.2, 0) is 4.79 Å². The number of carbonyl (C=O) groups excluding carboxylic acids is 1. The van der Waals surface area contributed by atoms with Gasteiger partial charge in [-0.15, -0.1) is 0 Å². The molecule has 0 saturated carbocycles. The van der Waals surface area contributed by atoms with E-state index in [9.17, 15) is 4.79 Å². The van der Waals surface area contributed by atoms with Crippen molar-refractivity contribution in [2.24, 2.45) is 0 Å². The molecule has 0 aliphatic rings. The molecule has 3 nitrogen and oxygen atoms in total. The van der Waals surface area contributed by atoms with Gasteiger partial charge in [0, 0.05) is 25.7 Å². The number of hydrogen-bond acceptors (Lipinski definition) is 3. The fraction of sp³-hybridized carbons (Fsp3) is 0.300. The predicted molar refractivity (Wildman–Crippen MR) is 53.4 cm³/mol. The maximum atomic E-state index is 10.1. The van der Waals surface area contributed by atoms with Gasteiger partial charge in [-0.3, -0.25) is 0 Å². The van der Waals surface area contributed by atoms with Crippen LogP contribution >= 0.6 is 0 Å². The Morgan fingerprint density at radius 3 is 2.69 bits per heavy atom. The molecule has 0 aliphatic heterocycles. The molecule has 0 fully saturated rings. The van der Waals surface area contributed by atoms with Gasteiger partial charge in [-0.05, 0) is 12.1 Å². The molecule has 1 aromatic rings. The van der Waals surface area contributed by atoms with Crippen molar-refractivity contribution in [1.29, 1.82) is 0 Å². The molecular formula is C10H14N2O. The van der Waals surface area contributed by atoms with E-state index in [0.29, 0.717) is 6.42 Å². The van der Waals surface area contributed by atoms with Crippen LogP contribution in [0.25, 0.3) is 0 Å². The van der Waals surface area contributed by atoms with E-state index in [2.05, 4.69) is 5.43 Å². The molecule has 0 radical (unpaired) electrons. The van der Waals surface area contributed by atoms with Gasteiger partial charge in [-0.2, -0.15) is 0 Å². The van der Waals surface area contributed by atoms with Crippen molar-refractivity contribution in [3.05, 3.63) is 30.3 Å². The van der Waals surface area contributed by atoms with Gasteiger partial charge in [0.05, 0.1) is 0 Å². The van der Waals surface area contributed by atoms with E-state index in [0.717, 1.165) is 18.5 Å². The molecule has 1 aromatic carbocycles. The van der Waals surface area contributed by atoms with Gasteiger partial charge in [0.1, 0.15) is 6.29 Å². The Bertz CT molecular complexity index is 248. The first kappa shape index (κ1) is 9.74. The van der Waals surface area contributed by atoms with E-state index in [1.807, 2.05) is 42.4 Å². The summed E-state index contributed by atoms with van der Waals surface area (Å²) in [5.41, 5.74) is 4.19. The van der Waals surface area contributed by atoms with E-state index in [-0.39, 0.29) is 0 Å². The summed E-state index contributed by atoms with van der Waals surface area (Å²) >= 11 is 0. The maximum absolute atomic E-state index is 10.1. The number of rotatable bonds is 5. The van der Waals surface area contributed by atoms with Crippen LogP contribution in [0.5, 0.6) is 0 Å². The molecule has 13 heavy (non-hydrogen) atoms. The number of hydrazine groups is 1. The minimum atomic E-state index is 0.552. The van der Waals surface area contributed by atoms with Gasteiger partial charge < -0.3 is 10.2 Å². The quantitative estimate of drug-likeness (QED) is 0.548. The lowest BCUT2D eigenvalue weighted by molar-refractivity contribution is -0.108. The van der Waals surface area contributed by atoms with Crippen molar-refractivity contribution in [3.63, 3.8) is 0 Å².